The van der Waals surface area contributed by atoms with Crippen molar-refractivity contribution in [3.8, 4) is 0 Å². The molecule has 1 aliphatic heterocycles. The lowest BCUT2D eigenvalue weighted by Gasteiger charge is -2.36. The molecule has 1 saturated heterocycles. The van der Waals surface area contributed by atoms with Crippen LogP contribution in [-0.4, -0.2) is 46.1 Å². The summed E-state index contributed by atoms with van der Waals surface area (Å²) in [6, 6.07) is 2.45. The Morgan fingerprint density at radius 2 is 1.96 bits per heavy atom. The SMILES string of the molecule is CN(c1ncc(Cl)cn1)C1CCN(c2nc3cnccc3s2)CC1. The van der Waals surface area contributed by atoms with Crippen LogP contribution in [0.4, 0.5) is 11.1 Å². The maximum atomic E-state index is 5.86. The van der Waals surface area contributed by atoms with Crippen LogP contribution in [0, 0.1) is 0 Å². The molecule has 0 spiro atoms. The molecule has 0 unspecified atom stereocenters. The van der Waals surface area contributed by atoms with Gasteiger partial charge in [0.1, 0.15) is 5.52 Å². The third-order valence-electron chi connectivity index (χ3n) is 4.38. The zero-order valence-corrected chi connectivity index (χ0v) is 14.8. The number of rotatable bonds is 3. The van der Waals surface area contributed by atoms with Crippen molar-refractivity contribution in [3.63, 3.8) is 0 Å². The molecule has 0 bridgehead atoms. The summed E-state index contributed by atoms with van der Waals surface area (Å²) in [5.41, 5.74) is 0.978. The Morgan fingerprint density at radius 3 is 2.67 bits per heavy atom. The van der Waals surface area contributed by atoms with E-state index in [2.05, 4.69) is 24.8 Å². The predicted molar refractivity (Wildman–Crippen MR) is 98.1 cm³/mol. The Labute approximate surface area is 149 Å². The van der Waals surface area contributed by atoms with Gasteiger partial charge in [-0.25, -0.2) is 15.0 Å². The molecule has 24 heavy (non-hydrogen) atoms. The molecule has 0 aromatic carbocycles. The van der Waals surface area contributed by atoms with Gasteiger partial charge < -0.3 is 9.80 Å². The van der Waals surface area contributed by atoms with Crippen LogP contribution in [0.1, 0.15) is 12.8 Å². The van der Waals surface area contributed by atoms with Crippen LogP contribution in [0.5, 0.6) is 0 Å². The van der Waals surface area contributed by atoms with Gasteiger partial charge in [0.15, 0.2) is 5.13 Å². The summed E-state index contributed by atoms with van der Waals surface area (Å²) in [6.45, 7) is 1.96. The molecule has 3 aromatic rings. The van der Waals surface area contributed by atoms with E-state index in [9.17, 15) is 0 Å². The highest BCUT2D eigenvalue weighted by Gasteiger charge is 2.25. The molecular weight excluding hydrogens is 344 g/mol. The number of thiazole rings is 1. The van der Waals surface area contributed by atoms with E-state index in [1.165, 1.54) is 4.70 Å². The fourth-order valence-corrected chi connectivity index (χ4v) is 4.08. The van der Waals surface area contributed by atoms with E-state index in [0.717, 1.165) is 42.5 Å². The Morgan fingerprint density at radius 1 is 1.21 bits per heavy atom. The van der Waals surface area contributed by atoms with Crippen molar-refractivity contribution >= 4 is 44.2 Å². The molecule has 4 rings (SSSR count). The second-order valence-electron chi connectivity index (χ2n) is 5.87. The van der Waals surface area contributed by atoms with Crippen LogP contribution in [0.25, 0.3) is 10.2 Å². The molecule has 0 radical (unpaired) electrons. The summed E-state index contributed by atoms with van der Waals surface area (Å²) in [5.74, 6) is 0.726. The van der Waals surface area contributed by atoms with Crippen molar-refractivity contribution in [3.05, 3.63) is 35.9 Å². The van der Waals surface area contributed by atoms with Gasteiger partial charge >= 0.3 is 0 Å². The van der Waals surface area contributed by atoms with Crippen molar-refractivity contribution in [2.75, 3.05) is 29.9 Å². The number of piperidine rings is 1. The van der Waals surface area contributed by atoms with E-state index in [-0.39, 0.29) is 0 Å². The molecular formula is C16H17ClN6S. The summed E-state index contributed by atoms with van der Waals surface area (Å²) < 4.78 is 1.19. The Hall–Kier alpha value is -1.99. The van der Waals surface area contributed by atoms with Crippen molar-refractivity contribution < 1.29 is 0 Å². The summed E-state index contributed by atoms with van der Waals surface area (Å²) in [7, 11) is 2.05. The number of hydrogen-bond donors (Lipinski definition) is 0. The zero-order chi connectivity index (χ0) is 16.5. The first-order valence-corrected chi connectivity index (χ1v) is 9.06. The third kappa shape index (κ3) is 3.01. The molecule has 4 heterocycles. The average molecular weight is 361 g/mol. The molecule has 0 aliphatic carbocycles. The fraction of sp³-hybridized carbons (Fsp3) is 0.375. The minimum absolute atomic E-state index is 0.429. The number of anilines is 2. The molecule has 6 nitrogen and oxygen atoms in total. The first kappa shape index (κ1) is 15.5. The Bertz CT molecular complexity index is 795. The summed E-state index contributed by atoms with van der Waals surface area (Å²) >= 11 is 7.60. The number of fused-ring (bicyclic) bond motifs is 1. The van der Waals surface area contributed by atoms with Gasteiger partial charge in [0, 0.05) is 32.4 Å². The van der Waals surface area contributed by atoms with E-state index in [4.69, 9.17) is 16.6 Å². The lowest BCUT2D eigenvalue weighted by Crippen LogP contribution is -2.44. The van der Waals surface area contributed by atoms with Gasteiger partial charge in [-0.15, -0.1) is 0 Å². The van der Waals surface area contributed by atoms with E-state index < -0.39 is 0 Å². The Balaban J connectivity index is 1.43. The summed E-state index contributed by atoms with van der Waals surface area (Å²) in [5, 5.41) is 1.65. The van der Waals surface area contributed by atoms with E-state index >= 15 is 0 Å². The lowest BCUT2D eigenvalue weighted by molar-refractivity contribution is 0.477. The molecule has 3 aromatic heterocycles. The van der Waals surface area contributed by atoms with Gasteiger partial charge in [0.2, 0.25) is 5.95 Å². The van der Waals surface area contributed by atoms with Gasteiger partial charge in [-0.05, 0) is 18.9 Å². The van der Waals surface area contributed by atoms with Crippen molar-refractivity contribution in [2.45, 2.75) is 18.9 Å². The smallest absolute Gasteiger partial charge is 0.225 e. The van der Waals surface area contributed by atoms with Crippen molar-refractivity contribution in [2.24, 2.45) is 0 Å². The molecule has 8 heteroatoms. The topological polar surface area (TPSA) is 58.0 Å². The van der Waals surface area contributed by atoms with Gasteiger partial charge in [-0.3, -0.25) is 4.98 Å². The minimum Gasteiger partial charge on any atom is -0.348 e. The maximum Gasteiger partial charge on any atom is 0.225 e. The first-order valence-electron chi connectivity index (χ1n) is 7.86. The molecule has 0 N–H and O–H groups in total. The molecule has 0 atom stereocenters. The normalized spacial score (nSPS) is 15.8. The van der Waals surface area contributed by atoms with E-state index in [1.54, 1.807) is 23.7 Å². The quantitative estimate of drug-likeness (QED) is 0.714. The second kappa shape index (κ2) is 6.49. The minimum atomic E-state index is 0.429. The zero-order valence-electron chi connectivity index (χ0n) is 13.3. The molecule has 124 valence electrons. The summed E-state index contributed by atoms with van der Waals surface area (Å²) in [6.07, 6.45) is 9.04. The number of aromatic nitrogens is 4. The largest absolute Gasteiger partial charge is 0.348 e. The number of nitrogens with zero attached hydrogens (tertiary/aromatic N) is 6. The van der Waals surface area contributed by atoms with Crippen molar-refractivity contribution in [1.82, 2.24) is 19.9 Å². The number of pyridine rings is 1. The van der Waals surface area contributed by atoms with Crippen molar-refractivity contribution in [1.29, 1.82) is 0 Å². The van der Waals surface area contributed by atoms with Crippen LogP contribution in [-0.2, 0) is 0 Å². The maximum absolute atomic E-state index is 5.86. The monoisotopic (exact) mass is 360 g/mol. The van der Waals surface area contributed by atoms with Crippen LogP contribution in [0.3, 0.4) is 0 Å². The number of hydrogen-bond acceptors (Lipinski definition) is 7. The molecule has 1 aliphatic rings. The first-order chi connectivity index (χ1) is 11.7. The fourth-order valence-electron chi connectivity index (χ4n) is 3.00. The highest BCUT2D eigenvalue weighted by Crippen LogP contribution is 2.30. The summed E-state index contributed by atoms with van der Waals surface area (Å²) in [4.78, 5) is 22.0. The van der Waals surface area contributed by atoms with Gasteiger partial charge in [-0.2, -0.15) is 0 Å². The highest BCUT2D eigenvalue weighted by atomic mass is 35.5. The molecule has 0 saturated carbocycles. The predicted octanol–water partition coefficient (Wildman–Crippen LogP) is 3.24. The standard InChI is InChI=1S/C16H17ClN6S/c1-22(15-19-8-11(17)9-20-15)12-3-6-23(7-4-12)16-21-13-10-18-5-2-14(13)24-16/h2,5,8-10,12H,3-4,6-7H2,1H3. The van der Waals surface area contributed by atoms with Gasteiger partial charge in [-0.1, -0.05) is 22.9 Å². The van der Waals surface area contributed by atoms with E-state index in [1.807, 2.05) is 25.5 Å². The van der Waals surface area contributed by atoms with Gasteiger partial charge in [0.05, 0.1) is 28.3 Å². The second-order valence-corrected chi connectivity index (χ2v) is 7.32. The van der Waals surface area contributed by atoms with Crippen LogP contribution in [0.15, 0.2) is 30.9 Å². The lowest BCUT2D eigenvalue weighted by atomic mass is 10.0. The number of halogens is 1. The van der Waals surface area contributed by atoms with Gasteiger partial charge in [0.25, 0.3) is 0 Å². The van der Waals surface area contributed by atoms with Crippen LogP contribution < -0.4 is 9.80 Å². The third-order valence-corrected chi connectivity index (χ3v) is 5.68. The molecule has 1 fully saturated rings. The van der Waals surface area contributed by atoms with Crippen LogP contribution in [0.2, 0.25) is 5.02 Å². The Kier molecular flexibility index (Phi) is 4.20. The molecule has 0 amide bonds. The van der Waals surface area contributed by atoms with E-state index in [0.29, 0.717) is 11.1 Å². The average Bonchev–Trinajstić information content (AvgIpc) is 3.06. The van der Waals surface area contributed by atoms with Crippen LogP contribution >= 0.6 is 22.9 Å². The highest BCUT2D eigenvalue weighted by molar-refractivity contribution is 7.22.